The Morgan fingerprint density at radius 2 is 2.23 bits per heavy atom. The normalized spacial score (nSPS) is 13.0. The van der Waals surface area contributed by atoms with Crippen LogP contribution in [0.2, 0.25) is 0 Å². The van der Waals surface area contributed by atoms with Gasteiger partial charge in [0.1, 0.15) is 6.10 Å². The number of hydrogen-bond donors (Lipinski definition) is 2. The lowest BCUT2D eigenvalue weighted by Gasteiger charge is -2.06. The molecule has 1 heterocycles. The number of aromatic nitrogens is 1. The van der Waals surface area contributed by atoms with Gasteiger partial charge in [-0.3, -0.25) is 0 Å². The lowest BCUT2D eigenvalue weighted by atomic mass is 10.2. The van der Waals surface area contributed by atoms with Crippen molar-refractivity contribution in [1.82, 2.24) is 4.98 Å². The molecule has 1 atom stereocenters. The molecule has 1 rings (SSSR count). The number of rotatable bonds is 3. The fourth-order valence-electron chi connectivity index (χ4n) is 1.00. The van der Waals surface area contributed by atoms with Crippen LogP contribution in [-0.2, 0) is 0 Å². The Hall–Kier alpha value is -0.650. The van der Waals surface area contributed by atoms with E-state index in [2.05, 4.69) is 4.98 Å². The number of hydrogen-bond acceptors (Lipinski definition) is 5. The summed E-state index contributed by atoms with van der Waals surface area (Å²) in [6.45, 7) is 2.13. The molecule has 0 aliphatic rings. The van der Waals surface area contributed by atoms with Crippen molar-refractivity contribution in [2.24, 2.45) is 5.73 Å². The smallest absolute Gasteiger partial charge is 0.185 e. The number of anilines is 1. The average Bonchev–Trinajstić information content (AvgIpc) is 2.46. The summed E-state index contributed by atoms with van der Waals surface area (Å²) in [6, 6.07) is 0. The van der Waals surface area contributed by atoms with E-state index in [1.54, 1.807) is 0 Å². The Kier molecular flexibility index (Phi) is 3.24. The highest BCUT2D eigenvalue weighted by atomic mass is 32.1. The standard InChI is InChI=1S/C8H15N3OS/c1-5-7(6(12)4-9)13-8(10-5)11(2)3/h6,12H,4,9H2,1-3H3. The predicted molar refractivity (Wildman–Crippen MR) is 55.2 cm³/mol. The van der Waals surface area contributed by atoms with Gasteiger partial charge in [-0.2, -0.15) is 0 Å². The van der Waals surface area contributed by atoms with Crippen LogP contribution in [0, 0.1) is 6.92 Å². The molecule has 3 N–H and O–H groups in total. The lowest BCUT2D eigenvalue weighted by Crippen LogP contribution is -2.11. The molecule has 0 radical (unpaired) electrons. The van der Waals surface area contributed by atoms with E-state index in [1.165, 1.54) is 11.3 Å². The van der Waals surface area contributed by atoms with E-state index in [0.717, 1.165) is 15.7 Å². The lowest BCUT2D eigenvalue weighted by molar-refractivity contribution is 0.189. The molecule has 1 aromatic heterocycles. The largest absolute Gasteiger partial charge is 0.386 e. The minimum atomic E-state index is -0.578. The van der Waals surface area contributed by atoms with Gasteiger partial charge in [-0.25, -0.2) is 4.98 Å². The molecule has 0 spiro atoms. The van der Waals surface area contributed by atoms with Crippen LogP contribution in [0.25, 0.3) is 0 Å². The van der Waals surface area contributed by atoms with Crippen molar-refractivity contribution in [2.45, 2.75) is 13.0 Å². The maximum Gasteiger partial charge on any atom is 0.185 e. The molecule has 0 fully saturated rings. The van der Waals surface area contributed by atoms with E-state index < -0.39 is 6.10 Å². The van der Waals surface area contributed by atoms with Crippen molar-refractivity contribution in [3.63, 3.8) is 0 Å². The van der Waals surface area contributed by atoms with Gasteiger partial charge < -0.3 is 15.7 Å². The van der Waals surface area contributed by atoms with Gasteiger partial charge in [0.15, 0.2) is 5.13 Å². The van der Waals surface area contributed by atoms with Crippen LogP contribution < -0.4 is 10.6 Å². The molecule has 4 nitrogen and oxygen atoms in total. The molecule has 1 unspecified atom stereocenters. The molecule has 0 amide bonds. The first kappa shape index (κ1) is 10.4. The van der Waals surface area contributed by atoms with Crippen LogP contribution in [0.3, 0.4) is 0 Å². The van der Waals surface area contributed by atoms with E-state index in [1.807, 2.05) is 25.9 Å². The zero-order chi connectivity index (χ0) is 10.0. The molecule has 0 saturated carbocycles. The van der Waals surface area contributed by atoms with Crippen LogP contribution in [-0.4, -0.2) is 30.7 Å². The molecule has 0 aliphatic heterocycles. The van der Waals surface area contributed by atoms with Crippen LogP contribution in [0.4, 0.5) is 5.13 Å². The second kappa shape index (κ2) is 4.04. The highest BCUT2D eigenvalue weighted by Gasteiger charge is 2.14. The molecular weight excluding hydrogens is 186 g/mol. The summed E-state index contributed by atoms with van der Waals surface area (Å²) in [5, 5.41) is 10.4. The van der Waals surface area contributed by atoms with Crippen molar-refractivity contribution in [3.8, 4) is 0 Å². The molecule has 0 saturated heterocycles. The highest BCUT2D eigenvalue weighted by Crippen LogP contribution is 2.28. The summed E-state index contributed by atoms with van der Waals surface area (Å²) < 4.78 is 0. The third-order valence-electron chi connectivity index (χ3n) is 1.73. The molecule has 0 aliphatic carbocycles. The van der Waals surface area contributed by atoms with Gasteiger partial charge in [-0.1, -0.05) is 11.3 Å². The molecule has 5 heteroatoms. The van der Waals surface area contributed by atoms with Gasteiger partial charge in [-0.15, -0.1) is 0 Å². The van der Waals surface area contributed by atoms with Crippen LogP contribution >= 0.6 is 11.3 Å². The van der Waals surface area contributed by atoms with Crippen molar-refractivity contribution in [1.29, 1.82) is 0 Å². The van der Waals surface area contributed by atoms with E-state index >= 15 is 0 Å². The van der Waals surface area contributed by atoms with Gasteiger partial charge in [-0.05, 0) is 6.92 Å². The van der Waals surface area contributed by atoms with E-state index in [-0.39, 0.29) is 6.54 Å². The minimum Gasteiger partial charge on any atom is -0.386 e. The summed E-state index contributed by atoms with van der Waals surface area (Å²) in [7, 11) is 3.85. The van der Waals surface area contributed by atoms with Gasteiger partial charge >= 0.3 is 0 Å². The molecule has 13 heavy (non-hydrogen) atoms. The predicted octanol–water partition coefficient (Wildman–Crippen LogP) is 0.510. The Labute approximate surface area is 82.0 Å². The Balaban J connectivity index is 2.96. The highest BCUT2D eigenvalue weighted by molar-refractivity contribution is 7.15. The van der Waals surface area contributed by atoms with E-state index in [9.17, 15) is 5.11 Å². The number of thiazole rings is 1. The fraction of sp³-hybridized carbons (Fsp3) is 0.625. The molecule has 0 bridgehead atoms. The number of aryl methyl sites for hydroxylation is 1. The first-order chi connectivity index (χ1) is 6.06. The molecular formula is C8H15N3OS. The zero-order valence-corrected chi connectivity index (χ0v) is 8.93. The second-order valence-corrected chi connectivity index (χ2v) is 4.10. The third-order valence-corrected chi connectivity index (χ3v) is 3.16. The Morgan fingerprint density at radius 1 is 1.62 bits per heavy atom. The van der Waals surface area contributed by atoms with Crippen molar-refractivity contribution in [2.75, 3.05) is 25.5 Å². The second-order valence-electron chi connectivity index (χ2n) is 3.09. The minimum absolute atomic E-state index is 0.246. The van der Waals surface area contributed by atoms with E-state index in [0.29, 0.717) is 0 Å². The Bertz CT molecular complexity index is 285. The summed E-state index contributed by atoms with van der Waals surface area (Å²) in [4.78, 5) is 7.10. The van der Waals surface area contributed by atoms with Crippen molar-refractivity contribution in [3.05, 3.63) is 10.6 Å². The first-order valence-corrected chi connectivity index (χ1v) is 4.90. The number of aliphatic hydroxyl groups excluding tert-OH is 1. The van der Waals surface area contributed by atoms with Gasteiger partial charge in [0, 0.05) is 20.6 Å². The van der Waals surface area contributed by atoms with Crippen LogP contribution in [0.1, 0.15) is 16.7 Å². The van der Waals surface area contributed by atoms with E-state index in [4.69, 9.17) is 5.73 Å². The molecule has 0 aromatic carbocycles. The number of nitrogens with zero attached hydrogens (tertiary/aromatic N) is 2. The molecule has 74 valence electrons. The topological polar surface area (TPSA) is 62.4 Å². The van der Waals surface area contributed by atoms with Crippen molar-refractivity contribution < 1.29 is 5.11 Å². The van der Waals surface area contributed by atoms with Gasteiger partial charge in [0.2, 0.25) is 0 Å². The average molecular weight is 201 g/mol. The fourth-order valence-corrected chi connectivity index (χ4v) is 1.99. The van der Waals surface area contributed by atoms with Crippen molar-refractivity contribution >= 4 is 16.5 Å². The summed E-state index contributed by atoms with van der Waals surface area (Å²) in [5.74, 6) is 0. The maximum atomic E-state index is 9.53. The Morgan fingerprint density at radius 3 is 2.62 bits per heavy atom. The van der Waals surface area contributed by atoms with Crippen LogP contribution in [0.15, 0.2) is 0 Å². The summed E-state index contributed by atoms with van der Waals surface area (Å²) in [5.41, 5.74) is 6.24. The number of nitrogens with two attached hydrogens (primary N) is 1. The number of aliphatic hydroxyl groups is 1. The van der Waals surface area contributed by atoms with Gasteiger partial charge in [0.25, 0.3) is 0 Å². The first-order valence-electron chi connectivity index (χ1n) is 4.09. The maximum absolute atomic E-state index is 9.53. The quantitative estimate of drug-likeness (QED) is 0.748. The summed E-state index contributed by atoms with van der Waals surface area (Å²) >= 11 is 1.49. The monoisotopic (exact) mass is 201 g/mol. The summed E-state index contributed by atoms with van der Waals surface area (Å²) in [6.07, 6.45) is -0.578. The molecule has 1 aromatic rings. The zero-order valence-electron chi connectivity index (χ0n) is 8.11. The SMILES string of the molecule is Cc1nc(N(C)C)sc1C(O)CN. The third kappa shape index (κ3) is 2.18. The van der Waals surface area contributed by atoms with Crippen LogP contribution in [0.5, 0.6) is 0 Å². The van der Waals surface area contributed by atoms with Gasteiger partial charge in [0.05, 0.1) is 10.6 Å².